The lowest BCUT2D eigenvalue weighted by atomic mass is 10.2. The molecule has 0 aliphatic heterocycles. The van der Waals surface area contributed by atoms with Gasteiger partial charge in [0.05, 0.1) is 12.6 Å². The lowest BCUT2D eigenvalue weighted by Gasteiger charge is -2.11. The van der Waals surface area contributed by atoms with E-state index in [2.05, 4.69) is 20.5 Å². The number of carbonyl (C=O) groups is 1. The summed E-state index contributed by atoms with van der Waals surface area (Å²) in [5, 5.41) is 18.0. The van der Waals surface area contributed by atoms with Crippen LogP contribution >= 0.6 is 0 Å². The van der Waals surface area contributed by atoms with Crippen LogP contribution in [0.15, 0.2) is 0 Å². The summed E-state index contributed by atoms with van der Waals surface area (Å²) in [6.45, 7) is 3.73. The number of rotatable bonds is 5. The molecule has 1 heterocycles. The van der Waals surface area contributed by atoms with E-state index in [0.717, 1.165) is 0 Å². The minimum atomic E-state index is -0.355. The normalized spacial score (nSPS) is 12.5. The number of amides is 1. The average Bonchev–Trinajstić information content (AvgIpc) is 2.74. The standard InChI is InChI=1S/C9H16N4O2/c1-3-6(5-14)10-9(15)8-11-7(4-2)12-13-8/h6,14H,3-5H2,1-2H3,(H,10,15)(H,11,12,13). The minimum Gasteiger partial charge on any atom is -0.394 e. The first kappa shape index (κ1) is 11.6. The molecule has 0 saturated carbocycles. The highest BCUT2D eigenvalue weighted by Crippen LogP contribution is 1.96. The quantitative estimate of drug-likeness (QED) is 0.634. The van der Waals surface area contributed by atoms with E-state index in [4.69, 9.17) is 5.11 Å². The number of aromatic amines is 1. The maximum Gasteiger partial charge on any atom is 0.291 e. The highest BCUT2D eigenvalue weighted by molar-refractivity contribution is 5.90. The number of aromatic nitrogens is 3. The summed E-state index contributed by atoms with van der Waals surface area (Å²) in [5.74, 6) is 0.447. The molecular weight excluding hydrogens is 196 g/mol. The maximum atomic E-state index is 11.5. The van der Waals surface area contributed by atoms with Gasteiger partial charge in [-0.25, -0.2) is 4.98 Å². The van der Waals surface area contributed by atoms with Crippen molar-refractivity contribution in [1.29, 1.82) is 0 Å². The van der Waals surface area contributed by atoms with Crippen molar-refractivity contribution in [1.82, 2.24) is 20.5 Å². The first-order chi connectivity index (χ1) is 7.21. The Balaban J connectivity index is 2.60. The highest BCUT2D eigenvalue weighted by atomic mass is 16.3. The molecule has 0 aromatic carbocycles. The Bertz CT molecular complexity index is 320. The van der Waals surface area contributed by atoms with Gasteiger partial charge in [-0.1, -0.05) is 13.8 Å². The van der Waals surface area contributed by atoms with Crippen LogP contribution in [-0.4, -0.2) is 38.8 Å². The second kappa shape index (κ2) is 5.45. The van der Waals surface area contributed by atoms with Gasteiger partial charge < -0.3 is 10.4 Å². The summed E-state index contributed by atoms with van der Waals surface area (Å²) in [4.78, 5) is 15.5. The molecule has 1 unspecified atom stereocenters. The molecular formula is C9H16N4O2. The Kier molecular flexibility index (Phi) is 4.23. The van der Waals surface area contributed by atoms with Gasteiger partial charge in [-0.05, 0) is 6.42 Å². The van der Waals surface area contributed by atoms with E-state index in [1.54, 1.807) is 0 Å². The number of carbonyl (C=O) groups excluding carboxylic acids is 1. The molecule has 0 aliphatic carbocycles. The number of nitrogens with zero attached hydrogens (tertiary/aromatic N) is 2. The van der Waals surface area contributed by atoms with Crippen LogP contribution in [0.2, 0.25) is 0 Å². The topological polar surface area (TPSA) is 90.9 Å². The van der Waals surface area contributed by atoms with Gasteiger partial charge >= 0.3 is 0 Å². The zero-order valence-electron chi connectivity index (χ0n) is 8.95. The van der Waals surface area contributed by atoms with Crippen molar-refractivity contribution in [3.63, 3.8) is 0 Å². The molecule has 1 aromatic rings. The molecule has 6 heteroatoms. The van der Waals surface area contributed by atoms with Crippen molar-refractivity contribution in [2.45, 2.75) is 32.7 Å². The van der Waals surface area contributed by atoms with Crippen LogP contribution in [0.4, 0.5) is 0 Å². The fraction of sp³-hybridized carbons (Fsp3) is 0.667. The number of hydrogen-bond acceptors (Lipinski definition) is 4. The van der Waals surface area contributed by atoms with E-state index in [1.807, 2.05) is 13.8 Å². The van der Waals surface area contributed by atoms with Crippen LogP contribution in [0.5, 0.6) is 0 Å². The molecule has 1 rings (SSSR count). The lowest BCUT2D eigenvalue weighted by molar-refractivity contribution is 0.0904. The van der Waals surface area contributed by atoms with E-state index < -0.39 is 0 Å². The van der Waals surface area contributed by atoms with Crippen molar-refractivity contribution in [2.75, 3.05) is 6.61 Å². The molecule has 1 aromatic heterocycles. The number of nitrogens with one attached hydrogen (secondary N) is 2. The zero-order valence-corrected chi connectivity index (χ0v) is 8.95. The molecule has 84 valence electrons. The van der Waals surface area contributed by atoms with Crippen LogP contribution in [0.25, 0.3) is 0 Å². The smallest absolute Gasteiger partial charge is 0.291 e. The molecule has 0 bridgehead atoms. The summed E-state index contributed by atoms with van der Waals surface area (Å²) in [6.07, 6.45) is 1.38. The van der Waals surface area contributed by atoms with E-state index >= 15 is 0 Å². The van der Waals surface area contributed by atoms with E-state index in [0.29, 0.717) is 18.7 Å². The van der Waals surface area contributed by atoms with Gasteiger partial charge in [0.2, 0.25) is 5.82 Å². The third-order valence-corrected chi connectivity index (χ3v) is 2.12. The Hall–Kier alpha value is -1.43. The zero-order chi connectivity index (χ0) is 11.3. The van der Waals surface area contributed by atoms with Gasteiger partial charge in [0, 0.05) is 6.42 Å². The van der Waals surface area contributed by atoms with Crippen molar-refractivity contribution in [2.24, 2.45) is 0 Å². The molecule has 1 amide bonds. The second-order valence-electron chi connectivity index (χ2n) is 3.22. The van der Waals surface area contributed by atoms with Gasteiger partial charge in [0.1, 0.15) is 5.82 Å². The van der Waals surface area contributed by atoms with Crippen molar-refractivity contribution < 1.29 is 9.90 Å². The number of aliphatic hydroxyl groups is 1. The highest BCUT2D eigenvalue weighted by Gasteiger charge is 2.15. The molecule has 6 nitrogen and oxygen atoms in total. The summed E-state index contributed by atoms with van der Waals surface area (Å²) >= 11 is 0. The van der Waals surface area contributed by atoms with Crippen molar-refractivity contribution in [3.8, 4) is 0 Å². The summed E-state index contributed by atoms with van der Waals surface area (Å²) in [5.41, 5.74) is 0. The molecule has 3 N–H and O–H groups in total. The van der Waals surface area contributed by atoms with Gasteiger partial charge in [-0.3, -0.25) is 9.89 Å². The third kappa shape index (κ3) is 3.02. The van der Waals surface area contributed by atoms with Crippen LogP contribution in [0.3, 0.4) is 0 Å². The maximum absolute atomic E-state index is 11.5. The first-order valence-electron chi connectivity index (χ1n) is 5.04. The largest absolute Gasteiger partial charge is 0.394 e. The van der Waals surface area contributed by atoms with Crippen LogP contribution < -0.4 is 5.32 Å². The van der Waals surface area contributed by atoms with Crippen LogP contribution in [-0.2, 0) is 6.42 Å². The second-order valence-corrected chi connectivity index (χ2v) is 3.22. The summed E-state index contributed by atoms with van der Waals surface area (Å²) in [6, 6.07) is -0.235. The predicted octanol–water partition coefficient (Wildman–Crippen LogP) is -0.132. The minimum absolute atomic E-state index is 0.0761. The Morgan fingerprint density at radius 2 is 2.33 bits per heavy atom. The van der Waals surface area contributed by atoms with Gasteiger partial charge in [-0.2, -0.15) is 0 Å². The van der Waals surface area contributed by atoms with Crippen molar-refractivity contribution >= 4 is 5.91 Å². The summed E-state index contributed by atoms with van der Waals surface area (Å²) < 4.78 is 0. The molecule has 0 aliphatic rings. The van der Waals surface area contributed by atoms with Gasteiger partial charge in [-0.15, -0.1) is 5.10 Å². The Morgan fingerprint density at radius 1 is 1.60 bits per heavy atom. The number of H-pyrrole nitrogens is 1. The van der Waals surface area contributed by atoms with Crippen LogP contribution in [0.1, 0.15) is 36.7 Å². The van der Waals surface area contributed by atoms with E-state index in [9.17, 15) is 4.79 Å². The van der Waals surface area contributed by atoms with Gasteiger partial charge in [0.15, 0.2) is 0 Å². The lowest BCUT2D eigenvalue weighted by Crippen LogP contribution is -2.37. The third-order valence-electron chi connectivity index (χ3n) is 2.12. The number of hydrogen-bond donors (Lipinski definition) is 3. The van der Waals surface area contributed by atoms with Crippen molar-refractivity contribution in [3.05, 3.63) is 11.6 Å². The fourth-order valence-corrected chi connectivity index (χ4v) is 1.08. The average molecular weight is 212 g/mol. The Labute approximate surface area is 88.1 Å². The fourth-order valence-electron chi connectivity index (χ4n) is 1.08. The molecule has 1 atom stereocenters. The predicted molar refractivity (Wildman–Crippen MR) is 54.4 cm³/mol. The Morgan fingerprint density at radius 3 is 2.80 bits per heavy atom. The summed E-state index contributed by atoms with van der Waals surface area (Å²) in [7, 11) is 0. The van der Waals surface area contributed by atoms with Gasteiger partial charge in [0.25, 0.3) is 5.91 Å². The van der Waals surface area contributed by atoms with E-state index in [1.165, 1.54) is 0 Å². The molecule has 0 spiro atoms. The molecule has 15 heavy (non-hydrogen) atoms. The monoisotopic (exact) mass is 212 g/mol. The molecule has 0 radical (unpaired) electrons. The van der Waals surface area contributed by atoms with E-state index in [-0.39, 0.29) is 24.4 Å². The number of aliphatic hydroxyl groups excluding tert-OH is 1. The molecule has 0 saturated heterocycles. The SMILES string of the molecule is CCc1nc(C(=O)NC(CC)CO)n[nH]1. The first-order valence-corrected chi connectivity index (χ1v) is 5.04. The molecule has 0 fully saturated rings. The van der Waals surface area contributed by atoms with Crippen LogP contribution in [0, 0.1) is 0 Å². The number of aryl methyl sites for hydroxylation is 1.